The molecule has 1 heterocycles. The summed E-state index contributed by atoms with van der Waals surface area (Å²) in [5.74, 6) is 1.95. The van der Waals surface area contributed by atoms with Gasteiger partial charge in [-0.3, -0.25) is 0 Å². The zero-order valence-corrected chi connectivity index (χ0v) is 13.1. The molecule has 0 saturated carbocycles. The van der Waals surface area contributed by atoms with E-state index in [1.807, 2.05) is 12.1 Å². The van der Waals surface area contributed by atoms with Crippen molar-refractivity contribution in [2.45, 2.75) is 60.1 Å². The predicted molar refractivity (Wildman–Crippen MR) is 81.6 cm³/mol. The van der Waals surface area contributed by atoms with Crippen LogP contribution in [0, 0.1) is 5.92 Å². The fourth-order valence-corrected chi connectivity index (χ4v) is 2.09. The Balaban J connectivity index is 3.17. The molecule has 0 radical (unpaired) electrons. The van der Waals surface area contributed by atoms with E-state index in [4.69, 9.17) is 4.98 Å². The Labute approximate surface area is 117 Å². The molecular weight excluding hydrogens is 236 g/mol. The maximum Gasteiger partial charge on any atom is 0.129 e. The van der Waals surface area contributed by atoms with E-state index >= 15 is 0 Å². The number of aliphatic hydroxyl groups excluding tert-OH is 1. The summed E-state index contributed by atoms with van der Waals surface area (Å²) in [7, 11) is 0. The Morgan fingerprint density at radius 1 is 1.11 bits per heavy atom. The van der Waals surface area contributed by atoms with Crippen molar-refractivity contribution in [1.82, 2.24) is 4.98 Å². The lowest BCUT2D eigenvalue weighted by atomic mass is 10.1. The summed E-state index contributed by atoms with van der Waals surface area (Å²) in [5, 5.41) is 9.42. The van der Waals surface area contributed by atoms with Gasteiger partial charge in [0.2, 0.25) is 0 Å². The van der Waals surface area contributed by atoms with E-state index < -0.39 is 0 Å². The third-order valence-corrected chi connectivity index (χ3v) is 3.14. The zero-order chi connectivity index (χ0) is 14.6. The van der Waals surface area contributed by atoms with Crippen LogP contribution in [0.3, 0.4) is 0 Å². The van der Waals surface area contributed by atoms with Crippen LogP contribution in [0.5, 0.6) is 0 Å². The van der Waals surface area contributed by atoms with E-state index in [1.54, 1.807) is 0 Å². The van der Waals surface area contributed by atoms with Gasteiger partial charge in [-0.1, -0.05) is 27.7 Å². The molecule has 0 amide bonds. The molecule has 1 aromatic heterocycles. The minimum absolute atomic E-state index is 0.0723. The first-order chi connectivity index (χ1) is 8.85. The van der Waals surface area contributed by atoms with Crippen molar-refractivity contribution in [2.24, 2.45) is 5.92 Å². The first-order valence-corrected chi connectivity index (χ1v) is 7.23. The Kier molecular flexibility index (Phi) is 5.80. The van der Waals surface area contributed by atoms with Crippen LogP contribution < -0.4 is 4.90 Å². The molecule has 0 aromatic carbocycles. The molecule has 0 bridgehead atoms. The molecule has 0 aliphatic carbocycles. The molecular formula is C16H28N2O. The molecule has 1 rings (SSSR count). The van der Waals surface area contributed by atoms with Gasteiger partial charge in [-0.2, -0.15) is 0 Å². The molecule has 0 spiro atoms. The normalized spacial score (nSPS) is 11.7. The summed E-state index contributed by atoms with van der Waals surface area (Å²) in [6, 6.07) is 4.42. The lowest BCUT2D eigenvalue weighted by Gasteiger charge is -2.30. The minimum atomic E-state index is 0.0723. The average molecular weight is 264 g/mol. The molecule has 108 valence electrons. The molecule has 3 nitrogen and oxygen atoms in total. The topological polar surface area (TPSA) is 36.4 Å². The Bertz CT molecular complexity index is 400. The lowest BCUT2D eigenvalue weighted by Crippen LogP contribution is -2.35. The van der Waals surface area contributed by atoms with Gasteiger partial charge in [0.05, 0.1) is 6.61 Å². The summed E-state index contributed by atoms with van der Waals surface area (Å²) in [4.78, 5) is 7.09. The predicted octanol–water partition coefficient (Wildman–Crippen LogP) is 3.57. The molecule has 0 unspecified atom stereocenters. The molecule has 1 aromatic rings. The van der Waals surface area contributed by atoms with Gasteiger partial charge in [0.15, 0.2) is 0 Å². The molecule has 0 saturated heterocycles. The average Bonchev–Trinajstić information content (AvgIpc) is 2.34. The van der Waals surface area contributed by atoms with Crippen LogP contribution in [0.15, 0.2) is 12.1 Å². The van der Waals surface area contributed by atoms with E-state index in [1.165, 1.54) is 0 Å². The van der Waals surface area contributed by atoms with Crippen molar-refractivity contribution in [3.8, 4) is 0 Å². The second-order valence-corrected chi connectivity index (χ2v) is 6.21. The van der Waals surface area contributed by atoms with Crippen molar-refractivity contribution < 1.29 is 5.11 Å². The van der Waals surface area contributed by atoms with Gasteiger partial charge in [-0.25, -0.2) is 4.98 Å². The number of nitrogens with zero attached hydrogens (tertiary/aromatic N) is 2. The van der Waals surface area contributed by atoms with Crippen LogP contribution in [0.2, 0.25) is 0 Å². The third-order valence-electron chi connectivity index (χ3n) is 3.14. The number of hydrogen-bond donors (Lipinski definition) is 1. The monoisotopic (exact) mass is 264 g/mol. The van der Waals surface area contributed by atoms with Crippen LogP contribution in [-0.4, -0.2) is 22.7 Å². The molecule has 1 N–H and O–H groups in total. The van der Waals surface area contributed by atoms with Crippen LogP contribution in [0.4, 0.5) is 5.82 Å². The first-order valence-electron chi connectivity index (χ1n) is 7.23. The minimum Gasteiger partial charge on any atom is -0.392 e. The Morgan fingerprint density at radius 3 is 2.16 bits per heavy atom. The van der Waals surface area contributed by atoms with Gasteiger partial charge in [-0.15, -0.1) is 0 Å². The van der Waals surface area contributed by atoms with Crippen LogP contribution in [0.25, 0.3) is 0 Å². The van der Waals surface area contributed by atoms with E-state index in [0.717, 1.165) is 23.6 Å². The number of hydrogen-bond acceptors (Lipinski definition) is 3. The second kappa shape index (κ2) is 6.90. The summed E-state index contributed by atoms with van der Waals surface area (Å²) in [6.45, 7) is 14.1. The van der Waals surface area contributed by atoms with Gasteiger partial charge in [0.25, 0.3) is 0 Å². The van der Waals surface area contributed by atoms with Crippen LogP contribution >= 0.6 is 0 Å². The van der Waals surface area contributed by atoms with Crippen molar-refractivity contribution >= 4 is 5.82 Å². The van der Waals surface area contributed by atoms with E-state index in [0.29, 0.717) is 17.9 Å². The van der Waals surface area contributed by atoms with E-state index in [-0.39, 0.29) is 6.61 Å². The van der Waals surface area contributed by atoms with Crippen molar-refractivity contribution in [3.05, 3.63) is 23.4 Å². The summed E-state index contributed by atoms with van der Waals surface area (Å²) in [5.41, 5.74) is 2.00. The lowest BCUT2D eigenvalue weighted by molar-refractivity contribution is 0.281. The highest BCUT2D eigenvalue weighted by Gasteiger charge is 2.16. The highest BCUT2D eigenvalue weighted by Crippen LogP contribution is 2.22. The highest BCUT2D eigenvalue weighted by atomic mass is 16.3. The number of rotatable bonds is 6. The van der Waals surface area contributed by atoms with Crippen LogP contribution in [-0.2, 0) is 6.61 Å². The Morgan fingerprint density at radius 2 is 1.74 bits per heavy atom. The van der Waals surface area contributed by atoms with Gasteiger partial charge < -0.3 is 10.0 Å². The molecule has 19 heavy (non-hydrogen) atoms. The smallest absolute Gasteiger partial charge is 0.129 e. The molecule has 0 fully saturated rings. The van der Waals surface area contributed by atoms with Gasteiger partial charge >= 0.3 is 0 Å². The van der Waals surface area contributed by atoms with E-state index in [9.17, 15) is 5.11 Å². The number of pyridine rings is 1. The SMILES string of the molecule is CC(C)CN(c1cc(CO)cc(C(C)C)n1)C(C)C. The maximum atomic E-state index is 9.42. The third kappa shape index (κ3) is 4.50. The fraction of sp³-hybridized carbons (Fsp3) is 0.688. The molecule has 0 atom stereocenters. The quantitative estimate of drug-likeness (QED) is 0.853. The zero-order valence-electron chi connectivity index (χ0n) is 13.1. The Hall–Kier alpha value is -1.09. The first kappa shape index (κ1) is 16.0. The fourth-order valence-electron chi connectivity index (χ4n) is 2.09. The van der Waals surface area contributed by atoms with Gasteiger partial charge in [0.1, 0.15) is 5.82 Å². The van der Waals surface area contributed by atoms with Crippen molar-refractivity contribution in [2.75, 3.05) is 11.4 Å². The summed E-state index contributed by atoms with van der Waals surface area (Å²) < 4.78 is 0. The van der Waals surface area contributed by atoms with Gasteiger partial charge in [-0.05, 0) is 43.4 Å². The number of aliphatic hydroxyl groups is 1. The molecule has 0 aliphatic heterocycles. The van der Waals surface area contributed by atoms with E-state index in [2.05, 4.69) is 46.4 Å². The highest BCUT2D eigenvalue weighted by molar-refractivity contribution is 5.44. The number of anilines is 1. The van der Waals surface area contributed by atoms with Crippen LogP contribution in [0.1, 0.15) is 58.7 Å². The summed E-state index contributed by atoms with van der Waals surface area (Å²) in [6.07, 6.45) is 0. The largest absolute Gasteiger partial charge is 0.392 e. The van der Waals surface area contributed by atoms with Crippen molar-refractivity contribution in [3.63, 3.8) is 0 Å². The second-order valence-electron chi connectivity index (χ2n) is 6.21. The standard InChI is InChI=1S/C16H28N2O/c1-11(2)9-18(13(5)6)16-8-14(10-19)7-15(17-16)12(3)4/h7-8,11-13,19H,9-10H2,1-6H3. The molecule has 3 heteroatoms. The number of aromatic nitrogens is 1. The molecule has 0 aliphatic rings. The van der Waals surface area contributed by atoms with Gasteiger partial charge in [0, 0.05) is 18.3 Å². The maximum absolute atomic E-state index is 9.42. The summed E-state index contributed by atoms with van der Waals surface area (Å²) >= 11 is 0. The van der Waals surface area contributed by atoms with Crippen molar-refractivity contribution in [1.29, 1.82) is 0 Å².